The van der Waals surface area contributed by atoms with Gasteiger partial charge in [-0.3, -0.25) is 4.90 Å². The molecule has 22 heavy (non-hydrogen) atoms. The minimum absolute atomic E-state index is 0.442. The van der Waals surface area contributed by atoms with Crippen LogP contribution in [0.5, 0.6) is 0 Å². The highest BCUT2D eigenvalue weighted by atomic mass is 32.1. The molecule has 2 aromatic heterocycles. The zero-order chi connectivity index (χ0) is 14.9. The Kier molecular flexibility index (Phi) is 4.01. The van der Waals surface area contributed by atoms with Gasteiger partial charge >= 0.3 is 0 Å². The van der Waals surface area contributed by atoms with E-state index in [-0.39, 0.29) is 0 Å². The van der Waals surface area contributed by atoms with Gasteiger partial charge < -0.3 is 4.57 Å². The van der Waals surface area contributed by atoms with Crippen molar-refractivity contribution in [1.82, 2.24) is 19.7 Å². The molecule has 1 saturated carbocycles. The van der Waals surface area contributed by atoms with Crippen LogP contribution in [0, 0.1) is 12.8 Å². The molecule has 1 aliphatic heterocycles. The molecule has 0 radical (unpaired) electrons. The van der Waals surface area contributed by atoms with Crippen LogP contribution >= 0.6 is 11.3 Å². The van der Waals surface area contributed by atoms with Gasteiger partial charge in [-0.2, -0.15) is 0 Å². The van der Waals surface area contributed by atoms with E-state index in [1.807, 2.05) is 17.7 Å². The van der Waals surface area contributed by atoms with E-state index in [1.165, 1.54) is 54.2 Å². The van der Waals surface area contributed by atoms with Crippen molar-refractivity contribution in [3.63, 3.8) is 0 Å². The highest BCUT2D eigenvalue weighted by molar-refractivity contribution is 7.11. The Labute approximate surface area is 136 Å². The first-order chi connectivity index (χ1) is 10.8. The van der Waals surface area contributed by atoms with Crippen molar-refractivity contribution in [3.05, 3.63) is 34.0 Å². The summed E-state index contributed by atoms with van der Waals surface area (Å²) in [6.45, 7) is 5.54. The zero-order valence-electron chi connectivity index (χ0n) is 13.2. The lowest BCUT2D eigenvalue weighted by atomic mass is 10.0. The molecule has 1 saturated heterocycles. The molecule has 2 aliphatic rings. The fraction of sp³-hybridized carbons (Fsp3) is 0.647. The van der Waals surface area contributed by atoms with E-state index >= 15 is 0 Å². The zero-order valence-corrected chi connectivity index (χ0v) is 14.1. The Balaban J connectivity index is 1.53. The minimum Gasteiger partial charge on any atom is -0.316 e. The van der Waals surface area contributed by atoms with E-state index in [2.05, 4.69) is 38.7 Å². The van der Waals surface area contributed by atoms with E-state index in [9.17, 15) is 0 Å². The molecule has 0 spiro atoms. The molecule has 5 heteroatoms. The number of likely N-dealkylation sites (tertiary alicyclic amines) is 1. The molecule has 0 aromatic carbocycles. The average molecular weight is 316 g/mol. The fourth-order valence-corrected chi connectivity index (χ4v) is 4.40. The van der Waals surface area contributed by atoms with Gasteiger partial charge in [-0.05, 0) is 57.2 Å². The SMILES string of the molecule is Cc1ccc(CN2CCCCC2c2nncn2CC2CC2)s1. The van der Waals surface area contributed by atoms with Crippen molar-refractivity contribution in [1.29, 1.82) is 0 Å². The summed E-state index contributed by atoms with van der Waals surface area (Å²) in [4.78, 5) is 5.49. The van der Waals surface area contributed by atoms with Crippen molar-refractivity contribution in [3.8, 4) is 0 Å². The van der Waals surface area contributed by atoms with E-state index in [4.69, 9.17) is 0 Å². The van der Waals surface area contributed by atoms with Crippen molar-refractivity contribution in [2.45, 2.75) is 58.2 Å². The molecule has 4 rings (SSSR count). The van der Waals surface area contributed by atoms with Crippen LogP contribution in [0.1, 0.15) is 53.7 Å². The number of nitrogens with zero attached hydrogens (tertiary/aromatic N) is 4. The molecule has 0 N–H and O–H groups in total. The first kappa shape index (κ1) is 14.4. The third-order valence-electron chi connectivity index (χ3n) is 4.86. The smallest absolute Gasteiger partial charge is 0.150 e. The maximum atomic E-state index is 4.49. The molecule has 118 valence electrons. The lowest BCUT2D eigenvalue weighted by molar-refractivity contribution is 0.131. The van der Waals surface area contributed by atoms with Gasteiger partial charge in [0, 0.05) is 22.8 Å². The molecule has 1 unspecified atom stereocenters. The van der Waals surface area contributed by atoms with Crippen LogP contribution in [-0.2, 0) is 13.1 Å². The first-order valence-corrected chi connectivity index (χ1v) is 9.28. The second-order valence-corrected chi connectivity index (χ2v) is 8.15. The Hall–Kier alpha value is -1.20. The Morgan fingerprint density at radius 3 is 2.91 bits per heavy atom. The standard InChI is InChI=1S/C17H24N4S/c1-13-5-8-15(22-13)11-20-9-3-2-4-16(20)17-19-18-12-21(17)10-14-6-7-14/h5,8,12,14,16H,2-4,6-7,9-11H2,1H3. The summed E-state index contributed by atoms with van der Waals surface area (Å²) in [7, 11) is 0. The highest BCUT2D eigenvalue weighted by Crippen LogP contribution is 2.35. The van der Waals surface area contributed by atoms with Gasteiger partial charge in [-0.15, -0.1) is 21.5 Å². The average Bonchev–Trinajstić information content (AvgIpc) is 3.05. The maximum Gasteiger partial charge on any atom is 0.150 e. The van der Waals surface area contributed by atoms with Crippen molar-refractivity contribution in [2.75, 3.05) is 6.54 Å². The Morgan fingerprint density at radius 2 is 2.14 bits per heavy atom. The molecular weight excluding hydrogens is 292 g/mol. The van der Waals surface area contributed by atoms with Gasteiger partial charge in [0.05, 0.1) is 6.04 Å². The van der Waals surface area contributed by atoms with Crippen LogP contribution in [0.25, 0.3) is 0 Å². The summed E-state index contributed by atoms with van der Waals surface area (Å²) in [6.07, 6.45) is 8.52. The van der Waals surface area contributed by atoms with Crippen LogP contribution in [0.4, 0.5) is 0 Å². The molecule has 1 aliphatic carbocycles. The van der Waals surface area contributed by atoms with Crippen LogP contribution in [-0.4, -0.2) is 26.2 Å². The quantitative estimate of drug-likeness (QED) is 0.841. The lowest BCUT2D eigenvalue weighted by Crippen LogP contribution is -2.34. The van der Waals surface area contributed by atoms with Crippen molar-refractivity contribution >= 4 is 11.3 Å². The highest BCUT2D eigenvalue weighted by Gasteiger charge is 2.30. The summed E-state index contributed by atoms with van der Waals surface area (Å²) in [5.74, 6) is 2.06. The fourth-order valence-electron chi connectivity index (χ4n) is 3.48. The molecular formula is C17H24N4S. The van der Waals surface area contributed by atoms with Crippen LogP contribution in [0.15, 0.2) is 18.5 Å². The number of aryl methyl sites for hydroxylation is 1. The maximum absolute atomic E-state index is 4.49. The molecule has 2 fully saturated rings. The van der Waals surface area contributed by atoms with Gasteiger partial charge in [0.15, 0.2) is 0 Å². The summed E-state index contributed by atoms with van der Waals surface area (Å²) in [5, 5.41) is 8.71. The van der Waals surface area contributed by atoms with Gasteiger partial charge in [0.1, 0.15) is 12.2 Å². The van der Waals surface area contributed by atoms with Crippen molar-refractivity contribution in [2.24, 2.45) is 5.92 Å². The lowest BCUT2D eigenvalue weighted by Gasteiger charge is -2.34. The third-order valence-corrected chi connectivity index (χ3v) is 5.85. The van der Waals surface area contributed by atoms with Gasteiger partial charge in [-0.1, -0.05) is 6.42 Å². The normalized spacial score (nSPS) is 23.0. The predicted molar refractivity (Wildman–Crippen MR) is 88.8 cm³/mol. The molecule has 2 aromatic rings. The summed E-state index contributed by atoms with van der Waals surface area (Å²) in [5.41, 5.74) is 0. The topological polar surface area (TPSA) is 34.0 Å². The minimum atomic E-state index is 0.442. The second-order valence-electron chi connectivity index (χ2n) is 6.78. The largest absolute Gasteiger partial charge is 0.316 e. The van der Waals surface area contributed by atoms with E-state index in [1.54, 1.807) is 0 Å². The summed E-state index contributed by atoms with van der Waals surface area (Å²) in [6, 6.07) is 4.95. The van der Waals surface area contributed by atoms with Crippen LogP contribution in [0.3, 0.4) is 0 Å². The van der Waals surface area contributed by atoms with Gasteiger partial charge in [0.25, 0.3) is 0 Å². The molecule has 0 bridgehead atoms. The monoisotopic (exact) mass is 316 g/mol. The van der Waals surface area contributed by atoms with Crippen LogP contribution < -0.4 is 0 Å². The molecule has 0 amide bonds. The number of aromatic nitrogens is 3. The van der Waals surface area contributed by atoms with Gasteiger partial charge in [0.2, 0.25) is 0 Å². The van der Waals surface area contributed by atoms with E-state index in [0.717, 1.165) is 19.0 Å². The third kappa shape index (κ3) is 3.10. The number of hydrogen-bond donors (Lipinski definition) is 0. The number of rotatable bonds is 5. The summed E-state index contributed by atoms with van der Waals surface area (Å²) < 4.78 is 2.32. The number of hydrogen-bond acceptors (Lipinski definition) is 4. The van der Waals surface area contributed by atoms with E-state index < -0.39 is 0 Å². The van der Waals surface area contributed by atoms with Crippen molar-refractivity contribution < 1.29 is 0 Å². The molecule has 1 atom stereocenters. The first-order valence-electron chi connectivity index (χ1n) is 8.46. The van der Waals surface area contributed by atoms with Crippen LogP contribution in [0.2, 0.25) is 0 Å². The second kappa shape index (κ2) is 6.13. The van der Waals surface area contributed by atoms with E-state index in [0.29, 0.717) is 6.04 Å². The Morgan fingerprint density at radius 1 is 1.23 bits per heavy atom. The summed E-state index contributed by atoms with van der Waals surface area (Å²) >= 11 is 1.92. The van der Waals surface area contributed by atoms with Gasteiger partial charge in [-0.25, -0.2) is 0 Å². The predicted octanol–water partition coefficient (Wildman–Crippen LogP) is 3.79. The molecule has 3 heterocycles. The Bertz CT molecular complexity index is 628. The number of thiophene rings is 1. The molecule has 4 nitrogen and oxygen atoms in total. The number of piperidine rings is 1.